The minimum absolute atomic E-state index is 0.0255. The average molecular weight is 293 g/mol. The molecule has 1 aliphatic heterocycles. The minimum Gasteiger partial charge on any atom is -0.471 e. The summed E-state index contributed by atoms with van der Waals surface area (Å²) in [5.41, 5.74) is 0. The van der Waals surface area contributed by atoms with Gasteiger partial charge in [-0.1, -0.05) is 0 Å². The SMILES string of the molecule is CC(C)NC(=O)N1CCC(Oc2ccc(N(C)C)nn2)C1. The predicted molar refractivity (Wildman–Crippen MR) is 80.6 cm³/mol. The third kappa shape index (κ3) is 4.21. The predicted octanol–water partition coefficient (Wildman–Crippen LogP) is 1.11. The third-order valence-electron chi connectivity index (χ3n) is 3.22. The maximum atomic E-state index is 11.9. The Bertz CT molecular complexity index is 475. The fourth-order valence-corrected chi connectivity index (χ4v) is 2.13. The van der Waals surface area contributed by atoms with E-state index in [4.69, 9.17) is 4.74 Å². The van der Waals surface area contributed by atoms with Gasteiger partial charge in [-0.25, -0.2) is 4.79 Å². The molecule has 1 fully saturated rings. The van der Waals surface area contributed by atoms with E-state index < -0.39 is 0 Å². The summed E-state index contributed by atoms with van der Waals surface area (Å²) in [5.74, 6) is 1.28. The Morgan fingerprint density at radius 1 is 1.43 bits per heavy atom. The molecule has 2 heterocycles. The van der Waals surface area contributed by atoms with Gasteiger partial charge in [0, 0.05) is 39.2 Å². The van der Waals surface area contributed by atoms with Gasteiger partial charge in [0.05, 0.1) is 6.54 Å². The number of nitrogens with one attached hydrogen (secondary N) is 1. The van der Waals surface area contributed by atoms with Crippen LogP contribution in [0.5, 0.6) is 5.88 Å². The summed E-state index contributed by atoms with van der Waals surface area (Å²) in [6, 6.07) is 3.77. The molecule has 1 aromatic heterocycles. The van der Waals surface area contributed by atoms with Crippen molar-refractivity contribution in [2.45, 2.75) is 32.4 Å². The molecule has 1 saturated heterocycles. The number of rotatable bonds is 4. The first-order chi connectivity index (χ1) is 9.95. The van der Waals surface area contributed by atoms with E-state index in [1.165, 1.54) is 0 Å². The zero-order valence-electron chi connectivity index (χ0n) is 13.0. The number of hydrogen-bond donors (Lipinski definition) is 1. The van der Waals surface area contributed by atoms with Gasteiger partial charge in [-0.05, 0) is 19.9 Å². The van der Waals surface area contributed by atoms with Crippen LogP contribution >= 0.6 is 0 Å². The number of likely N-dealkylation sites (tertiary alicyclic amines) is 1. The van der Waals surface area contributed by atoms with Crippen molar-refractivity contribution in [3.8, 4) is 5.88 Å². The number of aromatic nitrogens is 2. The highest BCUT2D eigenvalue weighted by Crippen LogP contribution is 2.17. The molecule has 1 aliphatic rings. The lowest BCUT2D eigenvalue weighted by atomic mass is 10.3. The van der Waals surface area contributed by atoms with Crippen molar-refractivity contribution in [3.63, 3.8) is 0 Å². The molecule has 1 N–H and O–H groups in total. The van der Waals surface area contributed by atoms with Crippen molar-refractivity contribution < 1.29 is 9.53 Å². The van der Waals surface area contributed by atoms with Gasteiger partial charge in [0.25, 0.3) is 0 Å². The number of urea groups is 1. The number of ether oxygens (including phenoxy) is 1. The van der Waals surface area contributed by atoms with Crippen molar-refractivity contribution in [1.29, 1.82) is 0 Å². The summed E-state index contributed by atoms with van der Waals surface area (Å²) in [5, 5.41) is 11.0. The Morgan fingerprint density at radius 3 is 2.76 bits per heavy atom. The summed E-state index contributed by atoms with van der Waals surface area (Å²) >= 11 is 0. The largest absolute Gasteiger partial charge is 0.471 e. The molecule has 0 spiro atoms. The third-order valence-corrected chi connectivity index (χ3v) is 3.22. The van der Waals surface area contributed by atoms with Gasteiger partial charge in [0.15, 0.2) is 5.82 Å². The summed E-state index contributed by atoms with van der Waals surface area (Å²) < 4.78 is 5.78. The van der Waals surface area contributed by atoms with Gasteiger partial charge in [-0.2, -0.15) is 0 Å². The lowest BCUT2D eigenvalue weighted by molar-refractivity contribution is 0.181. The number of hydrogen-bond acceptors (Lipinski definition) is 5. The van der Waals surface area contributed by atoms with Crippen LogP contribution < -0.4 is 15.0 Å². The lowest BCUT2D eigenvalue weighted by Gasteiger charge is -2.19. The molecule has 1 atom stereocenters. The maximum Gasteiger partial charge on any atom is 0.317 e. The molecule has 116 valence electrons. The topological polar surface area (TPSA) is 70.6 Å². The molecule has 0 aliphatic carbocycles. The first-order valence-electron chi connectivity index (χ1n) is 7.19. The quantitative estimate of drug-likeness (QED) is 0.900. The molecular formula is C14H23N5O2. The van der Waals surface area contributed by atoms with Crippen LogP contribution in [0.4, 0.5) is 10.6 Å². The fourth-order valence-electron chi connectivity index (χ4n) is 2.13. The molecule has 0 saturated carbocycles. The summed E-state index contributed by atoms with van der Waals surface area (Å²) in [6.07, 6.45) is 0.783. The highest BCUT2D eigenvalue weighted by molar-refractivity contribution is 5.74. The highest BCUT2D eigenvalue weighted by Gasteiger charge is 2.28. The standard InChI is InChI=1S/C14H23N5O2/c1-10(2)15-14(20)19-8-7-11(9-19)21-13-6-5-12(16-17-13)18(3)4/h5-6,10-11H,7-9H2,1-4H3,(H,15,20). The van der Waals surface area contributed by atoms with E-state index >= 15 is 0 Å². The second-order valence-corrected chi connectivity index (χ2v) is 5.70. The molecule has 2 rings (SSSR count). The van der Waals surface area contributed by atoms with Crippen LogP contribution in [-0.2, 0) is 0 Å². The second-order valence-electron chi connectivity index (χ2n) is 5.70. The van der Waals surface area contributed by atoms with E-state index in [9.17, 15) is 4.79 Å². The van der Waals surface area contributed by atoms with Crippen LogP contribution in [0.2, 0.25) is 0 Å². The van der Waals surface area contributed by atoms with Crippen LogP contribution in [0.15, 0.2) is 12.1 Å². The molecule has 21 heavy (non-hydrogen) atoms. The van der Waals surface area contributed by atoms with Crippen LogP contribution in [0.25, 0.3) is 0 Å². The van der Waals surface area contributed by atoms with Crippen molar-refractivity contribution in [2.24, 2.45) is 0 Å². The molecule has 0 bridgehead atoms. The summed E-state index contributed by atoms with van der Waals surface area (Å²) in [4.78, 5) is 15.5. The number of carbonyl (C=O) groups excluding carboxylic acids is 1. The summed E-state index contributed by atoms with van der Waals surface area (Å²) in [6.45, 7) is 5.18. The smallest absolute Gasteiger partial charge is 0.317 e. The Morgan fingerprint density at radius 2 is 2.19 bits per heavy atom. The van der Waals surface area contributed by atoms with Gasteiger partial charge in [-0.3, -0.25) is 0 Å². The molecule has 2 amide bonds. The van der Waals surface area contributed by atoms with E-state index in [1.54, 1.807) is 11.0 Å². The van der Waals surface area contributed by atoms with Gasteiger partial charge >= 0.3 is 6.03 Å². The zero-order valence-corrected chi connectivity index (χ0v) is 13.0. The van der Waals surface area contributed by atoms with E-state index in [0.717, 1.165) is 12.2 Å². The van der Waals surface area contributed by atoms with Gasteiger partial charge in [-0.15, -0.1) is 10.2 Å². The highest BCUT2D eigenvalue weighted by atomic mass is 16.5. The van der Waals surface area contributed by atoms with Crippen molar-refractivity contribution in [3.05, 3.63) is 12.1 Å². The van der Waals surface area contributed by atoms with Crippen LogP contribution in [0, 0.1) is 0 Å². The molecule has 7 nitrogen and oxygen atoms in total. The van der Waals surface area contributed by atoms with Crippen LogP contribution in [0.1, 0.15) is 20.3 Å². The van der Waals surface area contributed by atoms with Gasteiger partial charge < -0.3 is 19.9 Å². The van der Waals surface area contributed by atoms with E-state index in [-0.39, 0.29) is 18.2 Å². The Labute approximate surface area is 125 Å². The van der Waals surface area contributed by atoms with Crippen molar-refractivity contribution in [1.82, 2.24) is 20.4 Å². The molecule has 1 aromatic rings. The Hall–Kier alpha value is -2.05. The van der Waals surface area contributed by atoms with Gasteiger partial charge in [0.2, 0.25) is 5.88 Å². The molecular weight excluding hydrogens is 270 g/mol. The number of amides is 2. The first-order valence-corrected chi connectivity index (χ1v) is 7.19. The molecule has 7 heteroatoms. The molecule has 0 aromatic carbocycles. The lowest BCUT2D eigenvalue weighted by Crippen LogP contribution is -2.42. The Kier molecular flexibility index (Phi) is 4.82. The average Bonchev–Trinajstić information content (AvgIpc) is 2.87. The molecule has 0 radical (unpaired) electrons. The number of carbonyl (C=O) groups is 1. The summed E-state index contributed by atoms with van der Waals surface area (Å²) in [7, 11) is 3.82. The number of anilines is 1. The van der Waals surface area contributed by atoms with Crippen LogP contribution in [0.3, 0.4) is 0 Å². The Balaban J connectivity index is 1.86. The maximum absolute atomic E-state index is 11.9. The second kappa shape index (κ2) is 6.60. The van der Waals surface area contributed by atoms with Crippen molar-refractivity contribution >= 4 is 11.8 Å². The zero-order chi connectivity index (χ0) is 15.4. The first kappa shape index (κ1) is 15.3. The van der Waals surface area contributed by atoms with E-state index in [1.807, 2.05) is 38.9 Å². The van der Waals surface area contributed by atoms with Crippen LogP contribution in [-0.4, -0.2) is 60.5 Å². The number of nitrogens with zero attached hydrogens (tertiary/aromatic N) is 4. The fraction of sp³-hybridized carbons (Fsp3) is 0.643. The monoisotopic (exact) mass is 293 g/mol. The molecule has 1 unspecified atom stereocenters. The van der Waals surface area contributed by atoms with E-state index in [2.05, 4.69) is 15.5 Å². The normalized spacial score (nSPS) is 18.0. The van der Waals surface area contributed by atoms with Crippen molar-refractivity contribution in [2.75, 3.05) is 32.1 Å². The van der Waals surface area contributed by atoms with E-state index in [0.29, 0.717) is 19.0 Å². The van der Waals surface area contributed by atoms with Gasteiger partial charge in [0.1, 0.15) is 6.10 Å². The minimum atomic E-state index is -0.0369.